The molecule has 0 unspecified atom stereocenters. The number of benzene rings is 1. The van der Waals surface area contributed by atoms with E-state index in [9.17, 15) is 4.79 Å². The van der Waals surface area contributed by atoms with Crippen molar-refractivity contribution in [1.29, 1.82) is 0 Å². The lowest BCUT2D eigenvalue weighted by Crippen LogP contribution is -2.28. The van der Waals surface area contributed by atoms with Crippen LogP contribution in [-0.4, -0.2) is 42.6 Å². The van der Waals surface area contributed by atoms with Crippen LogP contribution >= 0.6 is 11.6 Å². The number of nitrogens with zero attached hydrogens (tertiary/aromatic N) is 5. The van der Waals surface area contributed by atoms with Crippen molar-refractivity contribution in [3.8, 4) is 11.4 Å². The number of anilines is 2. The lowest BCUT2D eigenvalue weighted by molar-refractivity contribution is 0.144. The van der Waals surface area contributed by atoms with E-state index in [1.807, 2.05) is 12.1 Å². The maximum Gasteiger partial charge on any atom is 0.407 e. The molecular weight excluding hydrogens is 368 g/mol. The smallest absolute Gasteiger partial charge is 0.407 e. The van der Waals surface area contributed by atoms with Gasteiger partial charge in [-0.3, -0.25) is 4.98 Å². The van der Waals surface area contributed by atoms with E-state index in [-0.39, 0.29) is 6.54 Å². The summed E-state index contributed by atoms with van der Waals surface area (Å²) in [5.74, 6) is 0.831. The molecule has 0 spiro atoms. The van der Waals surface area contributed by atoms with Gasteiger partial charge in [-0.15, -0.1) is 0 Å². The topological polar surface area (TPSA) is 104 Å². The Bertz CT molecular complexity index is 952. The van der Waals surface area contributed by atoms with Gasteiger partial charge in [0.15, 0.2) is 5.82 Å². The molecule has 0 fully saturated rings. The van der Waals surface area contributed by atoms with Crippen molar-refractivity contribution >= 4 is 29.3 Å². The standard InChI is InChI=1S/C18H17ClN6O2/c1-2-25(18(26)27)10-15-8-12(6-7-20-15)16-21-11-22-17(24-16)23-14-5-3-4-13(19)9-14/h3-9,11H,2,10H2,1H3,(H,26,27)(H,21,22,23,24). The summed E-state index contributed by atoms with van der Waals surface area (Å²) in [5, 5.41) is 12.8. The Labute approximate surface area is 160 Å². The maximum absolute atomic E-state index is 11.2. The van der Waals surface area contributed by atoms with Crippen LogP contribution in [0.15, 0.2) is 48.9 Å². The van der Waals surface area contributed by atoms with E-state index in [4.69, 9.17) is 16.7 Å². The largest absolute Gasteiger partial charge is 0.465 e. The summed E-state index contributed by atoms with van der Waals surface area (Å²) < 4.78 is 0. The Hall–Kier alpha value is -3.26. The molecule has 0 bridgehead atoms. The Morgan fingerprint density at radius 2 is 2.07 bits per heavy atom. The predicted octanol–water partition coefficient (Wildman–Crippen LogP) is 3.83. The number of amides is 1. The van der Waals surface area contributed by atoms with Crippen LogP contribution < -0.4 is 5.32 Å². The SMILES string of the molecule is CCN(Cc1cc(-c2ncnc(Nc3cccc(Cl)c3)n2)ccn1)C(=O)O. The van der Waals surface area contributed by atoms with Crippen molar-refractivity contribution in [3.63, 3.8) is 0 Å². The molecule has 0 saturated heterocycles. The van der Waals surface area contributed by atoms with Crippen LogP contribution in [0.5, 0.6) is 0 Å². The molecule has 0 aliphatic carbocycles. The predicted molar refractivity (Wildman–Crippen MR) is 102 cm³/mol. The quantitative estimate of drug-likeness (QED) is 0.665. The molecule has 0 atom stereocenters. The molecule has 138 valence electrons. The van der Waals surface area contributed by atoms with E-state index >= 15 is 0 Å². The number of carboxylic acid groups (broad SMARTS) is 1. The normalized spacial score (nSPS) is 10.4. The first-order valence-electron chi connectivity index (χ1n) is 8.20. The Morgan fingerprint density at radius 1 is 1.22 bits per heavy atom. The van der Waals surface area contributed by atoms with E-state index < -0.39 is 6.09 Å². The third-order valence-corrected chi connectivity index (χ3v) is 3.97. The molecule has 27 heavy (non-hydrogen) atoms. The molecule has 2 N–H and O–H groups in total. The molecule has 0 saturated carbocycles. The van der Waals surface area contributed by atoms with Gasteiger partial charge < -0.3 is 15.3 Å². The van der Waals surface area contributed by atoms with Gasteiger partial charge in [-0.2, -0.15) is 4.98 Å². The van der Waals surface area contributed by atoms with Crippen LogP contribution in [0.1, 0.15) is 12.6 Å². The van der Waals surface area contributed by atoms with Crippen LogP contribution in [-0.2, 0) is 6.54 Å². The van der Waals surface area contributed by atoms with E-state index in [1.54, 1.807) is 37.4 Å². The van der Waals surface area contributed by atoms with E-state index in [0.717, 1.165) is 11.3 Å². The number of rotatable bonds is 6. The molecule has 1 amide bonds. The first kappa shape index (κ1) is 18.5. The second-order valence-corrected chi connectivity index (χ2v) is 6.04. The van der Waals surface area contributed by atoms with Gasteiger partial charge in [0.1, 0.15) is 6.33 Å². The molecular formula is C18H17ClN6O2. The van der Waals surface area contributed by atoms with Gasteiger partial charge in [-0.25, -0.2) is 14.8 Å². The summed E-state index contributed by atoms with van der Waals surface area (Å²) in [6, 6.07) is 10.7. The van der Waals surface area contributed by atoms with Gasteiger partial charge in [0.25, 0.3) is 0 Å². The van der Waals surface area contributed by atoms with E-state index in [1.165, 1.54) is 11.2 Å². The highest BCUT2D eigenvalue weighted by Crippen LogP contribution is 2.20. The van der Waals surface area contributed by atoms with E-state index in [2.05, 4.69) is 25.3 Å². The van der Waals surface area contributed by atoms with Crippen LogP contribution in [0.25, 0.3) is 11.4 Å². The van der Waals surface area contributed by atoms with Gasteiger partial charge in [0.2, 0.25) is 5.95 Å². The summed E-state index contributed by atoms with van der Waals surface area (Å²) in [6.45, 7) is 2.34. The first-order valence-corrected chi connectivity index (χ1v) is 8.57. The number of hydrogen-bond acceptors (Lipinski definition) is 6. The van der Waals surface area contributed by atoms with Crippen molar-refractivity contribution in [1.82, 2.24) is 24.8 Å². The van der Waals surface area contributed by atoms with Crippen molar-refractivity contribution in [2.75, 3.05) is 11.9 Å². The number of halogens is 1. The molecule has 3 aromatic rings. The van der Waals surface area contributed by atoms with Crippen LogP contribution in [0.3, 0.4) is 0 Å². The molecule has 2 aromatic heterocycles. The molecule has 9 heteroatoms. The average Bonchev–Trinajstić information content (AvgIpc) is 2.66. The Balaban J connectivity index is 1.82. The van der Waals surface area contributed by atoms with Crippen LogP contribution in [0.4, 0.5) is 16.4 Å². The zero-order valence-corrected chi connectivity index (χ0v) is 15.3. The minimum atomic E-state index is -0.988. The van der Waals surface area contributed by atoms with Crippen molar-refractivity contribution < 1.29 is 9.90 Å². The third kappa shape index (κ3) is 4.89. The minimum Gasteiger partial charge on any atom is -0.465 e. The highest BCUT2D eigenvalue weighted by Gasteiger charge is 2.12. The fourth-order valence-electron chi connectivity index (χ4n) is 2.40. The Kier molecular flexibility index (Phi) is 5.77. The second-order valence-electron chi connectivity index (χ2n) is 5.60. The Morgan fingerprint density at radius 3 is 2.81 bits per heavy atom. The van der Waals surface area contributed by atoms with Crippen LogP contribution in [0, 0.1) is 0 Å². The van der Waals surface area contributed by atoms with Crippen molar-refractivity contribution in [2.45, 2.75) is 13.5 Å². The maximum atomic E-state index is 11.2. The number of hydrogen-bond donors (Lipinski definition) is 2. The highest BCUT2D eigenvalue weighted by molar-refractivity contribution is 6.30. The number of carbonyl (C=O) groups is 1. The molecule has 0 radical (unpaired) electrons. The fraction of sp³-hybridized carbons (Fsp3) is 0.167. The minimum absolute atomic E-state index is 0.193. The number of aromatic nitrogens is 4. The molecule has 8 nitrogen and oxygen atoms in total. The lowest BCUT2D eigenvalue weighted by Gasteiger charge is -2.16. The molecule has 0 aliphatic rings. The second kappa shape index (κ2) is 8.41. The van der Waals surface area contributed by atoms with Crippen LogP contribution in [0.2, 0.25) is 5.02 Å². The zero-order chi connectivity index (χ0) is 19.2. The average molecular weight is 385 g/mol. The lowest BCUT2D eigenvalue weighted by atomic mass is 10.2. The number of nitrogens with one attached hydrogen (secondary N) is 1. The van der Waals surface area contributed by atoms with Gasteiger partial charge in [-0.1, -0.05) is 17.7 Å². The molecule has 0 aliphatic heterocycles. The van der Waals surface area contributed by atoms with Gasteiger partial charge in [0, 0.05) is 29.0 Å². The summed E-state index contributed by atoms with van der Waals surface area (Å²) in [4.78, 5) is 29.4. The fourth-order valence-corrected chi connectivity index (χ4v) is 2.60. The molecule has 1 aromatic carbocycles. The van der Waals surface area contributed by atoms with E-state index in [0.29, 0.717) is 29.0 Å². The van der Waals surface area contributed by atoms with Gasteiger partial charge in [-0.05, 0) is 37.3 Å². The monoisotopic (exact) mass is 384 g/mol. The zero-order valence-electron chi connectivity index (χ0n) is 14.5. The molecule has 3 rings (SSSR count). The third-order valence-electron chi connectivity index (χ3n) is 3.73. The number of pyridine rings is 1. The van der Waals surface area contributed by atoms with Gasteiger partial charge >= 0.3 is 6.09 Å². The summed E-state index contributed by atoms with van der Waals surface area (Å²) in [6.07, 6.45) is 2.02. The van der Waals surface area contributed by atoms with Gasteiger partial charge in [0.05, 0.1) is 12.2 Å². The first-order chi connectivity index (χ1) is 13.0. The van der Waals surface area contributed by atoms with Crippen molar-refractivity contribution in [3.05, 3.63) is 59.6 Å². The summed E-state index contributed by atoms with van der Waals surface area (Å²) in [7, 11) is 0. The molecule has 2 heterocycles. The highest BCUT2D eigenvalue weighted by atomic mass is 35.5. The van der Waals surface area contributed by atoms with Crippen molar-refractivity contribution in [2.24, 2.45) is 0 Å². The summed E-state index contributed by atoms with van der Waals surface area (Å²) >= 11 is 5.99. The summed E-state index contributed by atoms with van der Waals surface area (Å²) in [5.41, 5.74) is 2.09.